The third-order valence-corrected chi connectivity index (χ3v) is 7.14. The summed E-state index contributed by atoms with van der Waals surface area (Å²) in [5.74, 6) is 0.795. The molecule has 3 amide bonds. The Morgan fingerprint density at radius 2 is 1.38 bits per heavy atom. The predicted octanol–water partition coefficient (Wildman–Crippen LogP) is 4.26. The summed E-state index contributed by atoms with van der Waals surface area (Å²) in [6.45, 7) is 6.65. The molecule has 0 atom stereocenters. The first kappa shape index (κ1) is 24.8. The molecule has 0 radical (unpaired) electrons. The minimum Gasteiger partial charge on any atom is -0.494 e. The quantitative estimate of drug-likeness (QED) is 0.466. The number of hydrogen-bond donors (Lipinski definition) is 0. The molecule has 2 aliphatic rings. The van der Waals surface area contributed by atoms with Crippen LogP contribution in [-0.2, 0) is 4.79 Å². The molecule has 2 aliphatic heterocycles. The Bertz CT molecular complexity index is 1140. The number of carbonyl (C=O) groups excluding carboxylic acids is 2. The van der Waals surface area contributed by atoms with Crippen molar-refractivity contribution in [2.24, 2.45) is 0 Å². The number of nitrogens with zero attached hydrogens (tertiary/aromatic N) is 4. The smallest absolute Gasteiger partial charge is 0.325 e. The number of anilines is 1. The second kappa shape index (κ2) is 11.5. The minimum absolute atomic E-state index is 0.0116. The molecule has 0 aromatic heterocycles. The number of hydrogen-bond acceptors (Lipinski definition) is 4. The summed E-state index contributed by atoms with van der Waals surface area (Å²) in [4.78, 5) is 33.9. The number of piperazine rings is 1. The van der Waals surface area contributed by atoms with Crippen molar-refractivity contribution in [1.29, 1.82) is 0 Å². The molecule has 0 unspecified atom stereocenters. The molecule has 0 saturated carbocycles. The van der Waals surface area contributed by atoms with Crippen LogP contribution in [0.1, 0.15) is 24.1 Å². The van der Waals surface area contributed by atoms with E-state index in [0.717, 1.165) is 24.5 Å². The predicted molar refractivity (Wildman–Crippen MR) is 145 cm³/mol. The van der Waals surface area contributed by atoms with Gasteiger partial charge in [0.2, 0.25) is 5.91 Å². The van der Waals surface area contributed by atoms with E-state index >= 15 is 0 Å². The van der Waals surface area contributed by atoms with Gasteiger partial charge in [-0.15, -0.1) is 0 Å². The molecule has 3 aromatic rings. The van der Waals surface area contributed by atoms with Gasteiger partial charge in [0.25, 0.3) is 0 Å². The van der Waals surface area contributed by atoms with Gasteiger partial charge in [-0.05, 0) is 42.3 Å². The van der Waals surface area contributed by atoms with Gasteiger partial charge in [0.15, 0.2) is 0 Å². The van der Waals surface area contributed by atoms with Crippen LogP contribution in [0.3, 0.4) is 0 Å². The molecular weight excluding hydrogens is 464 g/mol. The fourth-order valence-corrected chi connectivity index (χ4v) is 5.24. The first-order chi connectivity index (χ1) is 18.1. The van der Waals surface area contributed by atoms with Gasteiger partial charge in [-0.25, -0.2) is 4.79 Å². The summed E-state index contributed by atoms with van der Waals surface area (Å²) in [6, 6.07) is 28.6. The maximum Gasteiger partial charge on any atom is 0.325 e. The van der Waals surface area contributed by atoms with Gasteiger partial charge in [-0.2, -0.15) is 0 Å². The molecule has 37 heavy (non-hydrogen) atoms. The third kappa shape index (κ3) is 5.62. The van der Waals surface area contributed by atoms with E-state index in [4.69, 9.17) is 4.74 Å². The van der Waals surface area contributed by atoms with Crippen LogP contribution in [0.25, 0.3) is 0 Å². The fourth-order valence-electron chi connectivity index (χ4n) is 5.24. The van der Waals surface area contributed by atoms with E-state index in [9.17, 15) is 9.59 Å². The molecule has 2 heterocycles. The number of carbonyl (C=O) groups is 2. The summed E-state index contributed by atoms with van der Waals surface area (Å²) in [6.07, 6.45) is 0. The average Bonchev–Trinajstić information content (AvgIpc) is 3.30. The van der Waals surface area contributed by atoms with Gasteiger partial charge < -0.3 is 14.5 Å². The van der Waals surface area contributed by atoms with E-state index in [1.807, 2.05) is 48.2 Å². The van der Waals surface area contributed by atoms with Crippen LogP contribution in [0.15, 0.2) is 84.9 Å². The van der Waals surface area contributed by atoms with Crippen LogP contribution < -0.4 is 9.64 Å². The monoisotopic (exact) mass is 498 g/mol. The van der Waals surface area contributed by atoms with E-state index in [1.54, 1.807) is 9.80 Å². The highest BCUT2D eigenvalue weighted by atomic mass is 16.5. The Kier molecular flexibility index (Phi) is 7.70. The van der Waals surface area contributed by atoms with Crippen molar-refractivity contribution < 1.29 is 14.3 Å². The molecule has 5 rings (SSSR count). The highest BCUT2D eigenvalue weighted by Gasteiger charge is 2.33. The van der Waals surface area contributed by atoms with Crippen LogP contribution in [0.2, 0.25) is 0 Å². The molecule has 2 fully saturated rings. The number of ether oxygens (including phenoxy) is 1. The lowest BCUT2D eigenvalue weighted by atomic mass is 9.96. The van der Waals surface area contributed by atoms with Crippen LogP contribution >= 0.6 is 0 Å². The zero-order valence-corrected chi connectivity index (χ0v) is 21.3. The van der Waals surface area contributed by atoms with Gasteiger partial charge in [0, 0.05) is 45.0 Å². The molecule has 0 bridgehead atoms. The van der Waals surface area contributed by atoms with Crippen molar-refractivity contribution >= 4 is 17.6 Å². The number of amides is 3. The fraction of sp³-hybridized carbons (Fsp3) is 0.333. The summed E-state index contributed by atoms with van der Waals surface area (Å²) in [5.41, 5.74) is 3.33. The molecule has 2 saturated heterocycles. The van der Waals surface area contributed by atoms with Crippen molar-refractivity contribution in [2.45, 2.75) is 13.0 Å². The molecule has 3 aromatic carbocycles. The largest absolute Gasteiger partial charge is 0.494 e. The minimum atomic E-state index is -0.121. The molecular formula is C30H34N4O3. The molecule has 0 spiro atoms. The lowest BCUT2D eigenvalue weighted by Gasteiger charge is -2.40. The molecule has 0 aliphatic carbocycles. The maximum absolute atomic E-state index is 13.2. The van der Waals surface area contributed by atoms with E-state index in [0.29, 0.717) is 32.8 Å². The van der Waals surface area contributed by atoms with Gasteiger partial charge in [-0.3, -0.25) is 14.6 Å². The average molecular weight is 499 g/mol. The van der Waals surface area contributed by atoms with E-state index in [2.05, 4.69) is 53.4 Å². The molecule has 7 nitrogen and oxygen atoms in total. The van der Waals surface area contributed by atoms with Crippen LogP contribution in [-0.4, -0.2) is 79.1 Å². The standard InChI is InChI=1S/C30H34N4O3/c1-2-37-27-15-13-26(14-16-27)34-22-21-33(30(34)36)23-28(35)31-17-19-32(20-18-31)29(24-9-5-3-6-10-24)25-11-7-4-8-12-25/h3-16,29H,2,17-23H2,1H3. The lowest BCUT2D eigenvalue weighted by molar-refractivity contribution is -0.133. The maximum atomic E-state index is 13.2. The summed E-state index contributed by atoms with van der Waals surface area (Å²) in [5, 5.41) is 0. The van der Waals surface area contributed by atoms with Gasteiger partial charge >= 0.3 is 6.03 Å². The van der Waals surface area contributed by atoms with Crippen molar-refractivity contribution in [3.8, 4) is 5.75 Å². The number of rotatable bonds is 8. The van der Waals surface area contributed by atoms with Crippen LogP contribution in [0, 0.1) is 0 Å². The third-order valence-electron chi connectivity index (χ3n) is 7.14. The lowest BCUT2D eigenvalue weighted by Crippen LogP contribution is -2.52. The Labute approximate surface area is 218 Å². The van der Waals surface area contributed by atoms with E-state index < -0.39 is 0 Å². The van der Waals surface area contributed by atoms with Crippen molar-refractivity contribution in [3.05, 3.63) is 96.1 Å². The Morgan fingerprint density at radius 1 is 0.784 bits per heavy atom. The Morgan fingerprint density at radius 3 is 1.95 bits per heavy atom. The SMILES string of the molecule is CCOc1ccc(N2CCN(CC(=O)N3CCN(C(c4ccccc4)c4ccccc4)CC3)C2=O)cc1. The Hall–Kier alpha value is -3.84. The zero-order valence-electron chi connectivity index (χ0n) is 21.3. The normalized spacial score (nSPS) is 16.5. The summed E-state index contributed by atoms with van der Waals surface area (Å²) in [7, 11) is 0. The number of benzene rings is 3. The first-order valence-electron chi connectivity index (χ1n) is 13.0. The van der Waals surface area contributed by atoms with Gasteiger partial charge in [-0.1, -0.05) is 60.7 Å². The van der Waals surface area contributed by atoms with Gasteiger partial charge in [0.1, 0.15) is 12.3 Å². The Balaban J connectivity index is 1.18. The second-order valence-corrected chi connectivity index (χ2v) is 9.42. The second-order valence-electron chi connectivity index (χ2n) is 9.42. The molecule has 0 N–H and O–H groups in total. The highest BCUT2D eigenvalue weighted by Crippen LogP contribution is 2.29. The summed E-state index contributed by atoms with van der Waals surface area (Å²) >= 11 is 0. The summed E-state index contributed by atoms with van der Waals surface area (Å²) < 4.78 is 5.50. The van der Waals surface area contributed by atoms with E-state index in [-0.39, 0.29) is 24.5 Å². The molecule has 7 heteroatoms. The van der Waals surface area contributed by atoms with Crippen molar-refractivity contribution in [1.82, 2.24) is 14.7 Å². The van der Waals surface area contributed by atoms with Crippen LogP contribution in [0.4, 0.5) is 10.5 Å². The van der Waals surface area contributed by atoms with Crippen molar-refractivity contribution in [2.75, 3.05) is 57.3 Å². The number of urea groups is 1. The van der Waals surface area contributed by atoms with Crippen molar-refractivity contribution in [3.63, 3.8) is 0 Å². The topological polar surface area (TPSA) is 56.3 Å². The highest BCUT2D eigenvalue weighted by molar-refractivity contribution is 5.96. The van der Waals surface area contributed by atoms with E-state index in [1.165, 1.54) is 11.1 Å². The first-order valence-corrected chi connectivity index (χ1v) is 13.0. The van der Waals surface area contributed by atoms with Crippen LogP contribution in [0.5, 0.6) is 5.75 Å². The molecule has 192 valence electrons. The zero-order chi connectivity index (χ0) is 25.6. The van der Waals surface area contributed by atoms with Gasteiger partial charge in [0.05, 0.1) is 12.6 Å².